The van der Waals surface area contributed by atoms with Crippen molar-refractivity contribution >= 4 is 10.0 Å². The van der Waals surface area contributed by atoms with Crippen LogP contribution in [0.2, 0.25) is 0 Å². The third kappa shape index (κ3) is 3.91. The molecule has 0 saturated heterocycles. The third-order valence-corrected chi connectivity index (χ3v) is 4.92. The van der Waals surface area contributed by atoms with Crippen LogP contribution in [0.15, 0.2) is 53.4 Å². The van der Waals surface area contributed by atoms with Gasteiger partial charge in [-0.25, -0.2) is 13.1 Å². The maximum absolute atomic E-state index is 12.3. The summed E-state index contributed by atoms with van der Waals surface area (Å²) in [5.41, 5.74) is 8.69. The van der Waals surface area contributed by atoms with Crippen LogP contribution in [-0.2, 0) is 10.0 Å². The zero-order chi connectivity index (χ0) is 15.5. The van der Waals surface area contributed by atoms with Gasteiger partial charge in [0.05, 0.1) is 4.90 Å². The summed E-state index contributed by atoms with van der Waals surface area (Å²) in [5.74, 6) is 0. The van der Waals surface area contributed by atoms with Crippen LogP contribution < -0.4 is 10.5 Å². The number of hydrogen-bond acceptors (Lipinski definition) is 3. The van der Waals surface area contributed by atoms with Crippen molar-refractivity contribution in [1.29, 1.82) is 0 Å². The Morgan fingerprint density at radius 1 is 1.10 bits per heavy atom. The highest BCUT2D eigenvalue weighted by molar-refractivity contribution is 7.89. The lowest BCUT2D eigenvalue weighted by Crippen LogP contribution is -2.32. The first-order chi connectivity index (χ1) is 9.90. The summed E-state index contributed by atoms with van der Waals surface area (Å²) >= 11 is 0. The Hall–Kier alpha value is -1.69. The monoisotopic (exact) mass is 304 g/mol. The normalized spacial score (nSPS) is 13.1. The first-order valence-electron chi connectivity index (χ1n) is 6.77. The highest BCUT2D eigenvalue weighted by atomic mass is 32.2. The van der Waals surface area contributed by atoms with Crippen LogP contribution in [0.3, 0.4) is 0 Å². The molecule has 0 aliphatic rings. The maximum atomic E-state index is 12.3. The minimum atomic E-state index is -3.54. The second-order valence-corrected chi connectivity index (χ2v) is 6.87. The number of nitrogens with one attached hydrogen (secondary N) is 1. The van der Waals surface area contributed by atoms with Crippen molar-refractivity contribution in [2.45, 2.75) is 24.8 Å². The number of nitrogens with two attached hydrogens (primary N) is 1. The molecule has 5 heteroatoms. The summed E-state index contributed by atoms with van der Waals surface area (Å²) in [6, 6.07) is 14.3. The van der Waals surface area contributed by atoms with E-state index in [4.69, 9.17) is 5.73 Å². The largest absolute Gasteiger partial charge is 0.323 e. The molecule has 3 N–H and O–H groups in total. The molecule has 0 amide bonds. The summed E-state index contributed by atoms with van der Waals surface area (Å²) in [5, 5.41) is 0. The SMILES string of the molecule is Cc1ccc(S(=O)(=O)NC[C@H](N)c2ccccc2)c(C)c1. The molecule has 0 aromatic heterocycles. The molecular formula is C16H20N2O2S. The topological polar surface area (TPSA) is 72.2 Å². The fourth-order valence-corrected chi connectivity index (χ4v) is 3.48. The van der Waals surface area contributed by atoms with Gasteiger partial charge in [-0.3, -0.25) is 0 Å². The Bertz CT molecular complexity index is 712. The summed E-state index contributed by atoms with van der Waals surface area (Å²) in [6.07, 6.45) is 0. The predicted octanol–water partition coefficient (Wildman–Crippen LogP) is 2.28. The van der Waals surface area contributed by atoms with Gasteiger partial charge in [-0.1, -0.05) is 48.0 Å². The zero-order valence-electron chi connectivity index (χ0n) is 12.2. The van der Waals surface area contributed by atoms with E-state index in [-0.39, 0.29) is 12.6 Å². The molecule has 112 valence electrons. The summed E-state index contributed by atoms with van der Waals surface area (Å²) in [4.78, 5) is 0.299. The fraction of sp³-hybridized carbons (Fsp3) is 0.250. The van der Waals surface area contributed by atoms with E-state index in [0.717, 1.165) is 16.7 Å². The van der Waals surface area contributed by atoms with Crippen LogP contribution in [-0.4, -0.2) is 15.0 Å². The number of aryl methyl sites for hydroxylation is 2. The first kappa shape index (κ1) is 15.7. The molecule has 2 rings (SSSR count). The lowest BCUT2D eigenvalue weighted by Gasteiger charge is -2.14. The molecule has 2 aromatic rings. The average Bonchev–Trinajstić information content (AvgIpc) is 2.45. The van der Waals surface area contributed by atoms with Crippen LogP contribution >= 0.6 is 0 Å². The van der Waals surface area contributed by atoms with Gasteiger partial charge in [0.25, 0.3) is 0 Å². The van der Waals surface area contributed by atoms with Crippen molar-refractivity contribution in [3.63, 3.8) is 0 Å². The van der Waals surface area contributed by atoms with E-state index in [2.05, 4.69) is 4.72 Å². The lowest BCUT2D eigenvalue weighted by atomic mass is 10.1. The molecule has 0 saturated carbocycles. The maximum Gasteiger partial charge on any atom is 0.240 e. The van der Waals surface area contributed by atoms with Gasteiger partial charge in [0, 0.05) is 12.6 Å². The quantitative estimate of drug-likeness (QED) is 0.890. The molecule has 0 aliphatic heterocycles. The molecule has 0 bridgehead atoms. The Morgan fingerprint density at radius 2 is 1.76 bits per heavy atom. The van der Waals surface area contributed by atoms with Crippen molar-refractivity contribution in [2.75, 3.05) is 6.54 Å². The van der Waals surface area contributed by atoms with Crippen LogP contribution in [0, 0.1) is 13.8 Å². The molecule has 0 spiro atoms. The van der Waals surface area contributed by atoms with Crippen molar-refractivity contribution in [1.82, 2.24) is 4.72 Å². The number of hydrogen-bond donors (Lipinski definition) is 2. The first-order valence-corrected chi connectivity index (χ1v) is 8.26. The van der Waals surface area contributed by atoms with Gasteiger partial charge in [-0.15, -0.1) is 0 Å². The molecule has 0 fully saturated rings. The lowest BCUT2D eigenvalue weighted by molar-refractivity contribution is 0.571. The minimum Gasteiger partial charge on any atom is -0.323 e. The van der Waals surface area contributed by atoms with E-state index in [9.17, 15) is 8.42 Å². The highest BCUT2D eigenvalue weighted by Gasteiger charge is 2.18. The van der Waals surface area contributed by atoms with Gasteiger partial charge < -0.3 is 5.73 Å². The molecule has 0 aliphatic carbocycles. The van der Waals surface area contributed by atoms with E-state index in [0.29, 0.717) is 4.90 Å². The van der Waals surface area contributed by atoms with E-state index in [1.54, 1.807) is 19.1 Å². The Balaban J connectivity index is 2.11. The molecule has 0 unspecified atom stereocenters. The van der Waals surface area contributed by atoms with Crippen molar-refractivity contribution in [3.8, 4) is 0 Å². The zero-order valence-corrected chi connectivity index (χ0v) is 13.0. The van der Waals surface area contributed by atoms with Gasteiger partial charge in [0.2, 0.25) is 10.0 Å². The van der Waals surface area contributed by atoms with Gasteiger partial charge in [0.15, 0.2) is 0 Å². The smallest absolute Gasteiger partial charge is 0.240 e. The fourth-order valence-electron chi connectivity index (χ4n) is 2.20. The average molecular weight is 304 g/mol. The molecule has 0 radical (unpaired) electrons. The van der Waals surface area contributed by atoms with Crippen molar-refractivity contribution < 1.29 is 8.42 Å². The second-order valence-electron chi connectivity index (χ2n) is 5.14. The Kier molecular flexibility index (Phi) is 4.77. The van der Waals surface area contributed by atoms with Crippen LogP contribution in [0.1, 0.15) is 22.7 Å². The molecule has 4 nitrogen and oxygen atoms in total. The van der Waals surface area contributed by atoms with Gasteiger partial charge in [0.1, 0.15) is 0 Å². The van der Waals surface area contributed by atoms with Gasteiger partial charge in [-0.2, -0.15) is 0 Å². The van der Waals surface area contributed by atoms with Gasteiger partial charge >= 0.3 is 0 Å². The molecule has 2 aromatic carbocycles. The van der Waals surface area contributed by atoms with E-state index < -0.39 is 10.0 Å². The van der Waals surface area contributed by atoms with E-state index in [1.807, 2.05) is 43.3 Å². The van der Waals surface area contributed by atoms with Crippen LogP contribution in [0.25, 0.3) is 0 Å². The molecular weight excluding hydrogens is 284 g/mol. The predicted molar refractivity (Wildman–Crippen MR) is 84.5 cm³/mol. The molecule has 21 heavy (non-hydrogen) atoms. The number of rotatable bonds is 5. The van der Waals surface area contributed by atoms with E-state index >= 15 is 0 Å². The minimum absolute atomic E-state index is 0.166. The van der Waals surface area contributed by atoms with Crippen molar-refractivity contribution in [3.05, 3.63) is 65.2 Å². The Morgan fingerprint density at radius 3 is 2.38 bits per heavy atom. The molecule has 0 heterocycles. The highest BCUT2D eigenvalue weighted by Crippen LogP contribution is 2.17. The number of sulfonamides is 1. The number of benzene rings is 2. The van der Waals surface area contributed by atoms with Crippen LogP contribution in [0.5, 0.6) is 0 Å². The summed E-state index contributed by atoms with van der Waals surface area (Å²) in [7, 11) is -3.54. The second kappa shape index (κ2) is 6.39. The van der Waals surface area contributed by atoms with Gasteiger partial charge in [-0.05, 0) is 31.0 Å². The van der Waals surface area contributed by atoms with Crippen LogP contribution in [0.4, 0.5) is 0 Å². The van der Waals surface area contributed by atoms with E-state index in [1.165, 1.54) is 0 Å². The standard InChI is InChI=1S/C16H20N2O2S/c1-12-8-9-16(13(2)10-12)21(19,20)18-11-15(17)14-6-4-3-5-7-14/h3-10,15,18H,11,17H2,1-2H3/t15-/m0/s1. The Labute approximate surface area is 126 Å². The summed E-state index contributed by atoms with van der Waals surface area (Å²) in [6.45, 7) is 3.89. The summed E-state index contributed by atoms with van der Waals surface area (Å²) < 4.78 is 27.2. The third-order valence-electron chi connectivity index (χ3n) is 3.34. The molecule has 1 atom stereocenters. The van der Waals surface area contributed by atoms with Crippen molar-refractivity contribution in [2.24, 2.45) is 5.73 Å².